The van der Waals surface area contributed by atoms with Gasteiger partial charge in [0, 0.05) is 23.1 Å². The van der Waals surface area contributed by atoms with E-state index in [2.05, 4.69) is 18.8 Å². The minimum Gasteiger partial charge on any atom is -0.325 e. The van der Waals surface area contributed by atoms with E-state index in [1.165, 1.54) is 17.7 Å². The van der Waals surface area contributed by atoms with Gasteiger partial charge >= 0.3 is 0 Å². The molecule has 1 aromatic carbocycles. The van der Waals surface area contributed by atoms with Crippen molar-refractivity contribution in [3.8, 4) is 0 Å². The number of benzene rings is 1. The molecule has 1 N–H and O–H groups in total. The monoisotopic (exact) mass is 271 g/mol. The van der Waals surface area contributed by atoms with Crippen LogP contribution in [0.3, 0.4) is 0 Å². The molecule has 0 radical (unpaired) electrons. The number of hydrogen-bond acceptors (Lipinski definition) is 1. The van der Waals surface area contributed by atoms with Gasteiger partial charge in [-0.2, -0.15) is 0 Å². The number of H-pyrrole nitrogens is 1. The first-order valence-electron chi connectivity index (χ1n) is 6.96. The maximum Gasteiger partial charge on any atom is 0.251 e. The normalized spacial score (nSPS) is 16.1. The molecule has 1 aliphatic rings. The lowest BCUT2D eigenvalue weighted by molar-refractivity contribution is 0.508. The van der Waals surface area contributed by atoms with Gasteiger partial charge in [-0.25, -0.2) is 4.39 Å². The summed E-state index contributed by atoms with van der Waals surface area (Å²) in [6, 6.07) is 8.34. The van der Waals surface area contributed by atoms with Crippen LogP contribution in [-0.4, -0.2) is 4.98 Å². The van der Waals surface area contributed by atoms with Crippen molar-refractivity contribution in [3.05, 3.63) is 68.9 Å². The minimum absolute atomic E-state index is 0.0250. The number of nitrogens with one attached hydrogen (secondary N) is 1. The van der Waals surface area contributed by atoms with Crippen molar-refractivity contribution >= 4 is 0 Å². The molecule has 104 valence electrons. The SMILES string of the molecule is CC1(C)CCc2cc(Cc3ccc(F)cc3)c(=O)[nH]c21. The van der Waals surface area contributed by atoms with Crippen molar-refractivity contribution in [2.45, 2.75) is 38.5 Å². The summed E-state index contributed by atoms with van der Waals surface area (Å²) in [5.41, 5.74) is 4.06. The Balaban J connectivity index is 1.96. The maximum atomic E-state index is 12.9. The summed E-state index contributed by atoms with van der Waals surface area (Å²) < 4.78 is 12.9. The van der Waals surface area contributed by atoms with Crippen molar-refractivity contribution in [2.24, 2.45) is 0 Å². The summed E-state index contributed by atoms with van der Waals surface area (Å²) in [5, 5.41) is 0. The van der Waals surface area contributed by atoms with Crippen LogP contribution in [0.25, 0.3) is 0 Å². The molecule has 2 aromatic rings. The lowest BCUT2D eigenvalue weighted by Crippen LogP contribution is -2.21. The van der Waals surface area contributed by atoms with E-state index < -0.39 is 0 Å². The highest BCUT2D eigenvalue weighted by molar-refractivity contribution is 5.36. The predicted octanol–water partition coefficient (Wildman–Crippen LogP) is 3.33. The van der Waals surface area contributed by atoms with Gasteiger partial charge in [-0.15, -0.1) is 0 Å². The van der Waals surface area contributed by atoms with E-state index in [0.717, 1.165) is 29.7 Å². The third kappa shape index (κ3) is 2.28. The number of hydrogen-bond donors (Lipinski definition) is 1. The fourth-order valence-electron chi connectivity index (χ4n) is 2.95. The first-order chi connectivity index (χ1) is 9.45. The Morgan fingerprint density at radius 2 is 1.95 bits per heavy atom. The maximum absolute atomic E-state index is 12.9. The molecule has 1 aromatic heterocycles. The fraction of sp³-hybridized carbons (Fsp3) is 0.353. The molecule has 0 amide bonds. The summed E-state index contributed by atoms with van der Waals surface area (Å²) in [6.45, 7) is 4.32. The Hall–Kier alpha value is -1.90. The highest BCUT2D eigenvalue weighted by atomic mass is 19.1. The van der Waals surface area contributed by atoms with Gasteiger partial charge in [-0.05, 0) is 42.2 Å². The van der Waals surface area contributed by atoms with E-state index in [1.807, 2.05) is 6.07 Å². The topological polar surface area (TPSA) is 32.9 Å². The molecule has 3 heteroatoms. The molecule has 0 spiro atoms. The summed E-state index contributed by atoms with van der Waals surface area (Å²) in [5.74, 6) is -0.252. The Labute approximate surface area is 117 Å². The summed E-state index contributed by atoms with van der Waals surface area (Å²) in [7, 11) is 0. The molecule has 1 heterocycles. The smallest absolute Gasteiger partial charge is 0.251 e. The second kappa shape index (κ2) is 4.58. The highest BCUT2D eigenvalue weighted by Crippen LogP contribution is 2.36. The number of fused-ring (bicyclic) bond motifs is 1. The van der Waals surface area contributed by atoms with Gasteiger partial charge in [-0.1, -0.05) is 26.0 Å². The Kier molecular flexibility index (Phi) is 3.00. The number of rotatable bonds is 2. The molecule has 0 saturated heterocycles. The van der Waals surface area contributed by atoms with E-state index in [-0.39, 0.29) is 16.8 Å². The van der Waals surface area contributed by atoms with Crippen LogP contribution in [0.1, 0.15) is 42.7 Å². The van der Waals surface area contributed by atoms with Crippen LogP contribution in [0.2, 0.25) is 0 Å². The molecule has 1 aliphatic carbocycles. The average molecular weight is 271 g/mol. The average Bonchev–Trinajstić information content (AvgIpc) is 2.69. The first kappa shape index (κ1) is 13.1. The quantitative estimate of drug-likeness (QED) is 0.893. The van der Waals surface area contributed by atoms with Crippen LogP contribution >= 0.6 is 0 Å². The van der Waals surface area contributed by atoms with Gasteiger partial charge in [0.05, 0.1) is 0 Å². The molecular weight excluding hydrogens is 253 g/mol. The summed E-state index contributed by atoms with van der Waals surface area (Å²) >= 11 is 0. The van der Waals surface area contributed by atoms with Crippen LogP contribution < -0.4 is 5.56 Å². The number of halogens is 1. The van der Waals surface area contributed by atoms with Crippen molar-refractivity contribution in [3.63, 3.8) is 0 Å². The van der Waals surface area contributed by atoms with Crippen LogP contribution in [0, 0.1) is 5.82 Å². The molecule has 2 nitrogen and oxygen atoms in total. The van der Waals surface area contributed by atoms with E-state index in [1.54, 1.807) is 12.1 Å². The van der Waals surface area contributed by atoms with Gasteiger partial charge in [0.2, 0.25) is 0 Å². The lowest BCUT2D eigenvalue weighted by atomic mass is 9.90. The van der Waals surface area contributed by atoms with Gasteiger partial charge in [0.15, 0.2) is 0 Å². The van der Waals surface area contributed by atoms with E-state index in [4.69, 9.17) is 0 Å². The second-order valence-electron chi connectivity index (χ2n) is 6.21. The molecule has 20 heavy (non-hydrogen) atoms. The first-order valence-corrected chi connectivity index (χ1v) is 6.96. The van der Waals surface area contributed by atoms with E-state index in [0.29, 0.717) is 6.42 Å². The number of aryl methyl sites for hydroxylation is 1. The zero-order valence-corrected chi connectivity index (χ0v) is 11.8. The molecule has 0 atom stereocenters. The zero-order chi connectivity index (χ0) is 14.3. The lowest BCUT2D eigenvalue weighted by Gasteiger charge is -2.18. The Morgan fingerprint density at radius 3 is 2.65 bits per heavy atom. The summed E-state index contributed by atoms with van der Waals surface area (Å²) in [6.07, 6.45) is 2.62. The molecule has 3 rings (SSSR count). The van der Waals surface area contributed by atoms with Crippen molar-refractivity contribution in [2.75, 3.05) is 0 Å². The molecule has 0 fully saturated rings. The molecule has 0 unspecified atom stereocenters. The zero-order valence-electron chi connectivity index (χ0n) is 11.8. The van der Waals surface area contributed by atoms with Gasteiger partial charge < -0.3 is 4.98 Å². The number of pyridine rings is 1. The minimum atomic E-state index is -0.252. The van der Waals surface area contributed by atoms with E-state index in [9.17, 15) is 9.18 Å². The molecule has 0 bridgehead atoms. The second-order valence-corrected chi connectivity index (χ2v) is 6.21. The molecular formula is C17H18FNO. The number of aromatic amines is 1. The van der Waals surface area contributed by atoms with Crippen LogP contribution in [-0.2, 0) is 18.3 Å². The van der Waals surface area contributed by atoms with E-state index >= 15 is 0 Å². The standard InChI is InChI=1S/C17H18FNO/c1-17(2)8-7-12-10-13(16(20)19-15(12)17)9-11-3-5-14(18)6-4-11/h3-6,10H,7-9H2,1-2H3,(H,19,20). The Morgan fingerprint density at radius 1 is 1.25 bits per heavy atom. The molecule has 0 aliphatic heterocycles. The van der Waals surface area contributed by atoms with Crippen molar-refractivity contribution < 1.29 is 4.39 Å². The van der Waals surface area contributed by atoms with Gasteiger partial charge in [-0.3, -0.25) is 4.79 Å². The third-order valence-corrected chi connectivity index (χ3v) is 4.20. The number of aromatic nitrogens is 1. The largest absolute Gasteiger partial charge is 0.325 e. The fourth-order valence-corrected chi connectivity index (χ4v) is 2.95. The Bertz CT molecular complexity index is 698. The van der Waals surface area contributed by atoms with Crippen LogP contribution in [0.5, 0.6) is 0 Å². The van der Waals surface area contributed by atoms with Crippen LogP contribution in [0.4, 0.5) is 4.39 Å². The molecule has 0 saturated carbocycles. The van der Waals surface area contributed by atoms with Crippen molar-refractivity contribution in [1.82, 2.24) is 4.98 Å². The van der Waals surface area contributed by atoms with Gasteiger partial charge in [0.25, 0.3) is 5.56 Å². The van der Waals surface area contributed by atoms with Gasteiger partial charge in [0.1, 0.15) is 5.82 Å². The summed E-state index contributed by atoms with van der Waals surface area (Å²) in [4.78, 5) is 15.3. The third-order valence-electron chi connectivity index (χ3n) is 4.20. The van der Waals surface area contributed by atoms with Crippen LogP contribution in [0.15, 0.2) is 35.1 Å². The predicted molar refractivity (Wildman–Crippen MR) is 77.6 cm³/mol. The van der Waals surface area contributed by atoms with Crippen molar-refractivity contribution in [1.29, 1.82) is 0 Å². The highest BCUT2D eigenvalue weighted by Gasteiger charge is 2.31.